The summed E-state index contributed by atoms with van der Waals surface area (Å²) in [4.78, 5) is 0. The maximum absolute atomic E-state index is 14.1. The van der Waals surface area contributed by atoms with Gasteiger partial charge < -0.3 is 0 Å². The minimum Gasteiger partial charge on any atom is -0.271 e. The summed E-state index contributed by atoms with van der Waals surface area (Å²) >= 11 is 0. The Balaban J connectivity index is 1.49. The van der Waals surface area contributed by atoms with Crippen molar-refractivity contribution in [2.45, 2.75) is 38.5 Å². The molecule has 0 spiro atoms. The molecule has 1 aliphatic heterocycles. The summed E-state index contributed by atoms with van der Waals surface area (Å²) in [6, 6.07) is 17.0. The van der Waals surface area contributed by atoms with Gasteiger partial charge in [0.2, 0.25) is 0 Å². The summed E-state index contributed by atoms with van der Waals surface area (Å²) < 4.78 is 58.8. The van der Waals surface area contributed by atoms with Crippen LogP contribution in [0.2, 0.25) is 0 Å². The first-order chi connectivity index (χ1) is 16.3. The zero-order chi connectivity index (χ0) is 23.9. The van der Waals surface area contributed by atoms with Gasteiger partial charge in [-0.25, -0.2) is 8.78 Å². The lowest BCUT2D eigenvalue weighted by Crippen LogP contribution is -2.44. The first kappa shape index (κ1) is 23.0. The Morgan fingerprint density at radius 2 is 1.47 bits per heavy atom. The summed E-state index contributed by atoms with van der Waals surface area (Å²) in [6.07, 6.45) is 2.82. The highest BCUT2D eigenvalue weighted by molar-refractivity contribution is 7.90. The highest BCUT2D eigenvalue weighted by atomic mass is 32.2. The SMILES string of the molecule is Cc1ccc(NS(=O)(=O)N2CCCC(C3c4ccc(F)cc4CCc4cc(F)ccc43)C2)cc1. The number of nitrogens with zero attached hydrogens (tertiary/aromatic N) is 1. The Kier molecular flexibility index (Phi) is 6.16. The molecule has 7 heteroatoms. The van der Waals surface area contributed by atoms with Gasteiger partial charge in [-0.05, 0) is 97.2 Å². The fourth-order valence-corrected chi connectivity index (χ4v) is 6.75. The minimum atomic E-state index is -3.73. The molecule has 1 atom stereocenters. The van der Waals surface area contributed by atoms with Gasteiger partial charge in [-0.3, -0.25) is 4.72 Å². The molecule has 0 saturated carbocycles. The number of halogens is 2. The average molecular weight is 483 g/mol. The third kappa shape index (κ3) is 4.59. The lowest BCUT2D eigenvalue weighted by atomic mass is 9.75. The maximum atomic E-state index is 14.1. The predicted octanol–water partition coefficient (Wildman–Crippen LogP) is 5.57. The predicted molar refractivity (Wildman–Crippen MR) is 130 cm³/mol. The van der Waals surface area contributed by atoms with E-state index in [9.17, 15) is 17.2 Å². The number of hydrogen-bond acceptors (Lipinski definition) is 2. The minimum absolute atomic E-state index is 0.00475. The van der Waals surface area contributed by atoms with Crippen LogP contribution in [0.4, 0.5) is 14.5 Å². The van der Waals surface area contributed by atoms with Gasteiger partial charge in [-0.2, -0.15) is 12.7 Å². The Morgan fingerprint density at radius 3 is 2.06 bits per heavy atom. The second-order valence-electron chi connectivity index (χ2n) is 9.40. The number of nitrogens with one attached hydrogen (secondary N) is 1. The molecular formula is C27H28F2N2O2S. The Labute approximate surface area is 199 Å². The van der Waals surface area contributed by atoms with Gasteiger partial charge in [0.05, 0.1) is 0 Å². The second-order valence-corrected chi connectivity index (χ2v) is 11.1. The molecule has 0 bridgehead atoms. The molecule has 4 nitrogen and oxygen atoms in total. The second kappa shape index (κ2) is 9.12. The summed E-state index contributed by atoms with van der Waals surface area (Å²) in [5.41, 5.74) is 5.45. The van der Waals surface area contributed by atoms with Crippen LogP contribution in [0.15, 0.2) is 60.7 Å². The quantitative estimate of drug-likeness (QED) is 0.528. The van der Waals surface area contributed by atoms with Crippen molar-refractivity contribution < 1.29 is 17.2 Å². The van der Waals surface area contributed by atoms with E-state index in [2.05, 4.69) is 4.72 Å². The normalized spacial score (nSPS) is 19.2. The molecule has 1 unspecified atom stereocenters. The topological polar surface area (TPSA) is 49.4 Å². The zero-order valence-electron chi connectivity index (χ0n) is 19.1. The van der Waals surface area contributed by atoms with Gasteiger partial charge in [0.25, 0.3) is 0 Å². The van der Waals surface area contributed by atoms with E-state index in [1.165, 1.54) is 16.4 Å². The molecule has 3 aromatic carbocycles. The number of aryl methyl sites for hydroxylation is 3. The van der Waals surface area contributed by atoms with Crippen molar-refractivity contribution in [3.8, 4) is 0 Å². The van der Waals surface area contributed by atoms with Crippen LogP contribution >= 0.6 is 0 Å². The van der Waals surface area contributed by atoms with E-state index in [-0.39, 0.29) is 23.5 Å². The average Bonchev–Trinajstić information content (AvgIpc) is 2.97. The molecule has 0 radical (unpaired) electrons. The molecule has 34 heavy (non-hydrogen) atoms. The summed E-state index contributed by atoms with van der Waals surface area (Å²) in [5, 5.41) is 0. The van der Waals surface area contributed by atoms with Gasteiger partial charge in [0, 0.05) is 24.7 Å². The molecule has 0 amide bonds. The van der Waals surface area contributed by atoms with Crippen molar-refractivity contribution >= 4 is 15.9 Å². The van der Waals surface area contributed by atoms with Crippen LogP contribution in [0.25, 0.3) is 0 Å². The summed E-state index contributed by atoms with van der Waals surface area (Å²) in [5.74, 6) is -0.699. The van der Waals surface area contributed by atoms with E-state index in [1.807, 2.05) is 31.2 Å². The van der Waals surface area contributed by atoms with Crippen LogP contribution in [0.3, 0.4) is 0 Å². The first-order valence-corrected chi connectivity index (χ1v) is 13.2. The monoisotopic (exact) mass is 482 g/mol. The van der Waals surface area contributed by atoms with Gasteiger partial charge in [0.15, 0.2) is 0 Å². The fourth-order valence-electron chi connectivity index (χ4n) is 5.43. The third-order valence-corrected chi connectivity index (χ3v) is 8.58. The number of rotatable bonds is 4. The lowest BCUT2D eigenvalue weighted by Gasteiger charge is -2.37. The number of anilines is 1. The number of hydrogen-bond donors (Lipinski definition) is 1. The molecule has 1 saturated heterocycles. The molecule has 178 valence electrons. The number of benzene rings is 3. The van der Waals surface area contributed by atoms with Gasteiger partial charge in [-0.1, -0.05) is 29.8 Å². The molecule has 1 N–H and O–H groups in total. The van der Waals surface area contributed by atoms with Crippen LogP contribution in [0, 0.1) is 24.5 Å². The van der Waals surface area contributed by atoms with Gasteiger partial charge in [-0.15, -0.1) is 0 Å². The van der Waals surface area contributed by atoms with Crippen LogP contribution in [-0.2, 0) is 23.1 Å². The standard InChI is InChI=1S/C27H28F2N2O2S/c1-18-4-10-24(11-5-18)30-34(32,33)31-14-2-3-21(17-31)27-25-12-8-22(28)15-19(25)6-7-20-16-23(29)9-13-26(20)27/h4-5,8-13,15-16,21,27,30H,2-3,6-7,14,17H2,1H3. The largest absolute Gasteiger partial charge is 0.301 e. The molecule has 0 aromatic heterocycles. The molecule has 1 heterocycles. The first-order valence-electron chi connectivity index (χ1n) is 11.7. The van der Waals surface area contributed by atoms with E-state index in [0.717, 1.165) is 40.7 Å². The number of fused-ring (bicyclic) bond motifs is 2. The van der Waals surface area contributed by atoms with E-state index < -0.39 is 10.2 Å². The van der Waals surface area contributed by atoms with Crippen molar-refractivity contribution in [2.75, 3.05) is 17.8 Å². The highest BCUT2D eigenvalue weighted by Gasteiger charge is 2.37. The molecule has 1 fully saturated rings. The third-order valence-electron chi connectivity index (χ3n) is 7.07. The zero-order valence-corrected chi connectivity index (χ0v) is 19.9. The Bertz CT molecular complexity index is 1260. The molecule has 3 aromatic rings. The molecule has 2 aliphatic rings. The van der Waals surface area contributed by atoms with Crippen molar-refractivity contribution in [3.63, 3.8) is 0 Å². The lowest BCUT2D eigenvalue weighted by molar-refractivity contribution is 0.249. The van der Waals surface area contributed by atoms with Crippen molar-refractivity contribution in [1.29, 1.82) is 0 Å². The molecule has 5 rings (SSSR count). The van der Waals surface area contributed by atoms with Crippen LogP contribution in [-0.4, -0.2) is 25.8 Å². The fraction of sp³-hybridized carbons (Fsp3) is 0.333. The number of piperidine rings is 1. The summed E-state index contributed by atoms with van der Waals surface area (Å²) in [6.45, 7) is 2.74. The van der Waals surface area contributed by atoms with Crippen molar-refractivity contribution in [1.82, 2.24) is 4.31 Å². The van der Waals surface area contributed by atoms with Gasteiger partial charge >= 0.3 is 10.2 Å². The Morgan fingerprint density at radius 1 is 0.882 bits per heavy atom. The van der Waals surface area contributed by atoms with Crippen molar-refractivity contribution in [2.24, 2.45) is 5.92 Å². The van der Waals surface area contributed by atoms with E-state index >= 15 is 0 Å². The van der Waals surface area contributed by atoms with Crippen LogP contribution < -0.4 is 4.72 Å². The molecule has 1 aliphatic carbocycles. The smallest absolute Gasteiger partial charge is 0.271 e. The van der Waals surface area contributed by atoms with Gasteiger partial charge in [0.1, 0.15) is 11.6 Å². The van der Waals surface area contributed by atoms with E-state index in [4.69, 9.17) is 0 Å². The van der Waals surface area contributed by atoms with E-state index in [0.29, 0.717) is 31.6 Å². The van der Waals surface area contributed by atoms with Crippen LogP contribution in [0.5, 0.6) is 0 Å². The molecular weight excluding hydrogens is 454 g/mol. The van der Waals surface area contributed by atoms with Crippen LogP contribution in [0.1, 0.15) is 46.6 Å². The maximum Gasteiger partial charge on any atom is 0.301 e. The summed E-state index contributed by atoms with van der Waals surface area (Å²) in [7, 11) is -3.73. The highest BCUT2D eigenvalue weighted by Crippen LogP contribution is 2.43. The van der Waals surface area contributed by atoms with Crippen molar-refractivity contribution in [3.05, 3.63) is 100 Å². The van der Waals surface area contributed by atoms with E-state index in [1.54, 1.807) is 24.3 Å². The Hall–Kier alpha value is -2.77.